The van der Waals surface area contributed by atoms with Crippen molar-refractivity contribution in [1.29, 1.82) is 0 Å². The van der Waals surface area contributed by atoms with E-state index in [1.54, 1.807) is 31.2 Å². The van der Waals surface area contributed by atoms with E-state index in [1.165, 1.54) is 17.9 Å². The largest absolute Gasteiger partial charge is 0.508 e. The minimum atomic E-state index is -1.04. The molecular formula is C33H41N3O5. The van der Waals surface area contributed by atoms with Crippen LogP contribution in [0.3, 0.4) is 0 Å². The lowest BCUT2D eigenvalue weighted by Crippen LogP contribution is -2.50. The number of amides is 3. The summed E-state index contributed by atoms with van der Waals surface area (Å²) in [4.78, 5) is 41.0. The maximum atomic E-state index is 13.4. The zero-order chi connectivity index (χ0) is 30.2. The van der Waals surface area contributed by atoms with Crippen LogP contribution in [0.15, 0.2) is 78.9 Å². The van der Waals surface area contributed by atoms with E-state index in [0.29, 0.717) is 23.1 Å². The van der Waals surface area contributed by atoms with E-state index in [2.05, 4.69) is 10.6 Å². The molecule has 3 aromatic rings. The second kappa shape index (κ2) is 13.9. The molecule has 8 heteroatoms. The molecule has 0 aliphatic carbocycles. The number of aromatic hydroxyl groups is 1. The number of benzene rings is 3. The third kappa shape index (κ3) is 8.91. The van der Waals surface area contributed by atoms with E-state index >= 15 is 0 Å². The molecule has 0 radical (unpaired) electrons. The van der Waals surface area contributed by atoms with Gasteiger partial charge in [0.2, 0.25) is 11.8 Å². The summed E-state index contributed by atoms with van der Waals surface area (Å²) in [5, 5.41) is 27.4. The predicted octanol–water partition coefficient (Wildman–Crippen LogP) is 4.30. The zero-order valence-corrected chi connectivity index (χ0v) is 24.4. The smallest absolute Gasteiger partial charge is 0.252 e. The molecular weight excluding hydrogens is 518 g/mol. The van der Waals surface area contributed by atoms with Gasteiger partial charge in [0.15, 0.2) is 0 Å². The van der Waals surface area contributed by atoms with E-state index in [-0.39, 0.29) is 30.5 Å². The molecule has 4 N–H and O–H groups in total. The standard InChI is InChI=1S/C33H41N3O5/c1-22-26(17-12-18-28(22)38)31(40)34-27(21-24-13-8-6-9-14-24)29(39)19-20-36(23(2)37)30(25-15-10-7-11-16-25)32(41)35-33(3,4)5/h6-18,27,29-30,38-39H,19-21H2,1-5H3,(H,34,40)(H,35,41)/t27-,29+,30-/m0/s1. The normalized spacial score (nSPS) is 13.5. The quantitative estimate of drug-likeness (QED) is 0.279. The highest BCUT2D eigenvalue weighted by atomic mass is 16.3. The minimum Gasteiger partial charge on any atom is -0.508 e. The first-order valence-corrected chi connectivity index (χ1v) is 13.8. The van der Waals surface area contributed by atoms with Crippen molar-refractivity contribution in [3.63, 3.8) is 0 Å². The van der Waals surface area contributed by atoms with Crippen molar-refractivity contribution >= 4 is 17.7 Å². The number of nitrogens with one attached hydrogen (secondary N) is 2. The fraction of sp³-hybridized carbons (Fsp3) is 0.364. The first kappa shape index (κ1) is 31.4. The Morgan fingerprint density at radius 1 is 0.902 bits per heavy atom. The van der Waals surface area contributed by atoms with Crippen molar-refractivity contribution in [3.05, 3.63) is 101 Å². The fourth-order valence-electron chi connectivity index (χ4n) is 4.75. The molecule has 218 valence electrons. The van der Waals surface area contributed by atoms with Gasteiger partial charge in [0, 0.05) is 30.1 Å². The summed E-state index contributed by atoms with van der Waals surface area (Å²) in [7, 11) is 0. The zero-order valence-electron chi connectivity index (χ0n) is 24.4. The molecule has 0 bridgehead atoms. The average Bonchev–Trinajstić information content (AvgIpc) is 2.91. The molecule has 3 atom stereocenters. The van der Waals surface area contributed by atoms with Crippen molar-refractivity contribution in [1.82, 2.24) is 15.5 Å². The summed E-state index contributed by atoms with van der Waals surface area (Å²) in [6.45, 7) is 8.77. The molecule has 0 spiro atoms. The van der Waals surface area contributed by atoms with Gasteiger partial charge < -0.3 is 25.7 Å². The summed E-state index contributed by atoms with van der Waals surface area (Å²) < 4.78 is 0. The number of phenols is 1. The lowest BCUT2D eigenvalue weighted by atomic mass is 9.97. The SMILES string of the molecule is CC(=O)N(CC[C@@H](O)[C@H](Cc1ccccc1)NC(=O)c1cccc(O)c1C)[C@H](C(=O)NC(C)(C)C)c1ccccc1. The van der Waals surface area contributed by atoms with E-state index in [4.69, 9.17) is 0 Å². The van der Waals surface area contributed by atoms with Crippen molar-refractivity contribution in [2.45, 2.75) is 71.2 Å². The van der Waals surface area contributed by atoms with Gasteiger partial charge in [0.1, 0.15) is 11.8 Å². The molecule has 8 nitrogen and oxygen atoms in total. The van der Waals surface area contributed by atoms with Crippen LogP contribution in [-0.4, -0.2) is 57.1 Å². The molecule has 0 saturated carbocycles. The van der Waals surface area contributed by atoms with Crippen LogP contribution in [0.5, 0.6) is 5.75 Å². The van der Waals surface area contributed by atoms with Gasteiger partial charge in [0.05, 0.1) is 12.1 Å². The number of hydrogen-bond acceptors (Lipinski definition) is 5. The van der Waals surface area contributed by atoms with Crippen LogP contribution < -0.4 is 10.6 Å². The van der Waals surface area contributed by atoms with Crippen LogP contribution in [0.2, 0.25) is 0 Å². The third-order valence-corrected chi connectivity index (χ3v) is 6.87. The van der Waals surface area contributed by atoms with Crippen molar-refractivity contribution < 1.29 is 24.6 Å². The molecule has 0 aromatic heterocycles. The Kier molecular flexibility index (Phi) is 10.7. The van der Waals surface area contributed by atoms with Crippen molar-refractivity contribution in [2.75, 3.05) is 6.54 Å². The number of phenolic OH excluding ortho intramolecular Hbond substituents is 1. The Morgan fingerprint density at radius 2 is 1.51 bits per heavy atom. The molecule has 0 heterocycles. The van der Waals surface area contributed by atoms with E-state index in [1.807, 2.05) is 69.3 Å². The maximum absolute atomic E-state index is 13.4. The molecule has 0 saturated heterocycles. The highest BCUT2D eigenvalue weighted by Crippen LogP contribution is 2.24. The molecule has 0 fully saturated rings. The molecule has 0 aliphatic rings. The Labute approximate surface area is 242 Å². The number of carbonyl (C=O) groups excluding carboxylic acids is 3. The van der Waals surface area contributed by atoms with E-state index in [9.17, 15) is 24.6 Å². The van der Waals surface area contributed by atoms with Crippen LogP contribution >= 0.6 is 0 Å². The molecule has 3 amide bonds. The first-order chi connectivity index (χ1) is 19.4. The first-order valence-electron chi connectivity index (χ1n) is 13.8. The monoisotopic (exact) mass is 559 g/mol. The molecule has 3 rings (SSSR count). The van der Waals surface area contributed by atoms with Crippen molar-refractivity contribution in [2.24, 2.45) is 0 Å². The Hall–Kier alpha value is -4.17. The Bertz CT molecular complexity index is 1320. The lowest BCUT2D eigenvalue weighted by Gasteiger charge is -2.34. The van der Waals surface area contributed by atoms with Crippen LogP contribution in [0.1, 0.15) is 67.2 Å². The number of carbonyl (C=O) groups is 3. The Balaban J connectivity index is 1.86. The summed E-state index contributed by atoms with van der Waals surface area (Å²) >= 11 is 0. The number of rotatable bonds is 11. The van der Waals surface area contributed by atoms with Crippen LogP contribution in [0.4, 0.5) is 0 Å². The molecule has 0 unspecified atom stereocenters. The summed E-state index contributed by atoms with van der Waals surface area (Å²) in [5.74, 6) is -1.04. The minimum absolute atomic E-state index is 0.00963. The number of hydrogen-bond donors (Lipinski definition) is 4. The van der Waals surface area contributed by atoms with Crippen LogP contribution in [0.25, 0.3) is 0 Å². The third-order valence-electron chi connectivity index (χ3n) is 6.87. The van der Waals surface area contributed by atoms with Gasteiger partial charge in [-0.25, -0.2) is 0 Å². The topological polar surface area (TPSA) is 119 Å². The van der Waals surface area contributed by atoms with Gasteiger partial charge in [-0.15, -0.1) is 0 Å². The molecule has 0 aliphatic heterocycles. The summed E-state index contributed by atoms with van der Waals surface area (Å²) in [5.41, 5.74) is 1.81. The predicted molar refractivity (Wildman–Crippen MR) is 159 cm³/mol. The maximum Gasteiger partial charge on any atom is 0.252 e. The van der Waals surface area contributed by atoms with E-state index in [0.717, 1.165) is 5.56 Å². The Morgan fingerprint density at radius 3 is 2.10 bits per heavy atom. The van der Waals surface area contributed by atoms with E-state index < -0.39 is 29.6 Å². The number of nitrogens with zero attached hydrogens (tertiary/aromatic N) is 1. The molecule has 3 aromatic carbocycles. The summed E-state index contributed by atoms with van der Waals surface area (Å²) in [6.07, 6.45) is -0.582. The number of aliphatic hydroxyl groups excluding tert-OH is 1. The lowest BCUT2D eigenvalue weighted by molar-refractivity contribution is -0.140. The van der Waals surface area contributed by atoms with Gasteiger partial charge in [-0.05, 0) is 63.8 Å². The van der Waals surface area contributed by atoms with Gasteiger partial charge in [-0.3, -0.25) is 14.4 Å². The molecule has 41 heavy (non-hydrogen) atoms. The van der Waals surface area contributed by atoms with Gasteiger partial charge in [-0.1, -0.05) is 66.7 Å². The van der Waals surface area contributed by atoms with Gasteiger partial charge >= 0.3 is 0 Å². The average molecular weight is 560 g/mol. The van der Waals surface area contributed by atoms with Crippen molar-refractivity contribution in [3.8, 4) is 5.75 Å². The summed E-state index contributed by atoms with van der Waals surface area (Å²) in [6, 6.07) is 21.7. The highest BCUT2D eigenvalue weighted by Gasteiger charge is 2.33. The number of aliphatic hydroxyl groups is 1. The second-order valence-corrected chi connectivity index (χ2v) is 11.3. The van der Waals surface area contributed by atoms with Crippen LogP contribution in [0, 0.1) is 6.92 Å². The van der Waals surface area contributed by atoms with Gasteiger partial charge in [0.25, 0.3) is 5.91 Å². The second-order valence-electron chi connectivity index (χ2n) is 11.3. The highest BCUT2D eigenvalue weighted by molar-refractivity contribution is 5.96. The van der Waals surface area contributed by atoms with Gasteiger partial charge in [-0.2, -0.15) is 0 Å². The van der Waals surface area contributed by atoms with Crippen LogP contribution in [-0.2, 0) is 16.0 Å². The fourth-order valence-corrected chi connectivity index (χ4v) is 4.75.